The van der Waals surface area contributed by atoms with E-state index < -0.39 is 5.91 Å². The number of carbonyl (C=O) groups excluding carboxylic acids is 1. The second-order valence-electron chi connectivity index (χ2n) is 0.821. The molecule has 40 valence electrons. The van der Waals surface area contributed by atoms with Crippen molar-refractivity contribution in [2.45, 2.75) is 0 Å². The van der Waals surface area contributed by atoms with Crippen molar-refractivity contribution in [3.8, 4) is 0 Å². The van der Waals surface area contributed by atoms with Gasteiger partial charge in [-0.05, 0) is 0 Å². The lowest BCUT2D eigenvalue weighted by atomic mass is 10.6. The Bertz CT molecular complexity index is 110. The standard InChI is InChI=1S/C3H3Cl2NO/c4-1-2(5)3(6)7/h1H,(H2,6,7)/b2-1-. The third kappa shape index (κ3) is 2.48. The Hall–Kier alpha value is -0.210. The van der Waals surface area contributed by atoms with Crippen LogP contribution in [0.15, 0.2) is 10.6 Å². The number of primary amides is 1. The Morgan fingerprint density at radius 2 is 2.14 bits per heavy atom. The molecule has 0 aromatic rings. The van der Waals surface area contributed by atoms with Gasteiger partial charge in [-0.3, -0.25) is 4.79 Å². The van der Waals surface area contributed by atoms with E-state index in [1.54, 1.807) is 0 Å². The Morgan fingerprint density at radius 1 is 1.71 bits per heavy atom. The van der Waals surface area contributed by atoms with Crippen molar-refractivity contribution in [3.05, 3.63) is 10.6 Å². The second-order valence-corrected chi connectivity index (χ2v) is 1.45. The first-order valence-electron chi connectivity index (χ1n) is 1.44. The molecule has 0 bridgehead atoms. The van der Waals surface area contributed by atoms with E-state index in [4.69, 9.17) is 23.2 Å². The maximum atomic E-state index is 9.87. The average molecular weight is 140 g/mol. The van der Waals surface area contributed by atoms with Crippen LogP contribution >= 0.6 is 23.2 Å². The van der Waals surface area contributed by atoms with E-state index >= 15 is 0 Å². The third-order valence-electron chi connectivity index (χ3n) is 0.331. The molecule has 0 fully saturated rings. The minimum absolute atomic E-state index is 0.151. The van der Waals surface area contributed by atoms with Gasteiger partial charge in [-0.25, -0.2) is 0 Å². The van der Waals surface area contributed by atoms with Crippen molar-refractivity contribution >= 4 is 29.1 Å². The van der Waals surface area contributed by atoms with E-state index in [2.05, 4.69) is 5.73 Å². The van der Waals surface area contributed by atoms with Crippen molar-refractivity contribution in [2.75, 3.05) is 0 Å². The molecule has 2 N–H and O–H groups in total. The van der Waals surface area contributed by atoms with Crippen LogP contribution in [0.3, 0.4) is 0 Å². The van der Waals surface area contributed by atoms with Crippen molar-refractivity contribution < 1.29 is 4.79 Å². The molecule has 0 atom stereocenters. The molecule has 0 aliphatic carbocycles. The third-order valence-corrected chi connectivity index (χ3v) is 0.956. The zero-order chi connectivity index (χ0) is 5.86. The largest absolute Gasteiger partial charge is 0.365 e. The Balaban J connectivity index is 3.82. The first-order chi connectivity index (χ1) is 3.18. The second kappa shape index (κ2) is 2.88. The highest BCUT2D eigenvalue weighted by Gasteiger charge is 1.94. The summed E-state index contributed by atoms with van der Waals surface area (Å²) in [6, 6.07) is 0. The van der Waals surface area contributed by atoms with Crippen LogP contribution in [0.1, 0.15) is 0 Å². The van der Waals surface area contributed by atoms with Crippen LogP contribution in [0.2, 0.25) is 0 Å². The summed E-state index contributed by atoms with van der Waals surface area (Å²) in [4.78, 5) is 9.87. The van der Waals surface area contributed by atoms with Crippen molar-refractivity contribution in [3.63, 3.8) is 0 Å². The molecule has 0 aliphatic rings. The summed E-state index contributed by atoms with van der Waals surface area (Å²) in [6.07, 6.45) is 0. The highest BCUT2D eigenvalue weighted by Crippen LogP contribution is 1.99. The summed E-state index contributed by atoms with van der Waals surface area (Å²) in [6.45, 7) is 0. The van der Waals surface area contributed by atoms with Gasteiger partial charge in [-0.2, -0.15) is 0 Å². The molecule has 4 heteroatoms. The minimum atomic E-state index is -0.711. The number of rotatable bonds is 1. The van der Waals surface area contributed by atoms with Gasteiger partial charge in [0.05, 0.1) is 0 Å². The Kier molecular flexibility index (Phi) is 2.79. The molecule has 0 aromatic heterocycles. The van der Waals surface area contributed by atoms with Crippen LogP contribution in [0, 0.1) is 0 Å². The normalized spacial score (nSPS) is 11.4. The highest BCUT2D eigenvalue weighted by molar-refractivity contribution is 6.46. The number of hydrogen-bond donors (Lipinski definition) is 1. The predicted molar refractivity (Wildman–Crippen MR) is 29.0 cm³/mol. The molecule has 7 heavy (non-hydrogen) atoms. The summed E-state index contributed by atoms with van der Waals surface area (Å²) in [5.74, 6) is -0.711. The molecule has 0 spiro atoms. The highest BCUT2D eigenvalue weighted by atomic mass is 35.5. The average Bonchev–Trinajstić information content (AvgIpc) is 1.65. The fourth-order valence-corrected chi connectivity index (χ4v) is 0.161. The fraction of sp³-hybridized carbons (Fsp3) is 0. The van der Waals surface area contributed by atoms with Crippen LogP contribution in [0.4, 0.5) is 0 Å². The number of hydrogen-bond acceptors (Lipinski definition) is 1. The van der Waals surface area contributed by atoms with Crippen LogP contribution < -0.4 is 5.73 Å². The lowest BCUT2D eigenvalue weighted by Crippen LogP contribution is -2.09. The van der Waals surface area contributed by atoms with Crippen molar-refractivity contribution in [2.24, 2.45) is 5.73 Å². The monoisotopic (exact) mass is 139 g/mol. The van der Waals surface area contributed by atoms with Crippen LogP contribution in [0.25, 0.3) is 0 Å². The molecule has 2 nitrogen and oxygen atoms in total. The molecule has 1 amide bonds. The summed E-state index contributed by atoms with van der Waals surface area (Å²) >= 11 is 10.0. The molecule has 0 aliphatic heterocycles. The van der Waals surface area contributed by atoms with Gasteiger partial charge in [0.2, 0.25) is 0 Å². The number of nitrogens with two attached hydrogens (primary N) is 1. The van der Waals surface area contributed by atoms with Crippen molar-refractivity contribution in [1.29, 1.82) is 0 Å². The summed E-state index contributed by atoms with van der Waals surface area (Å²) in [5, 5.41) is -0.151. The van der Waals surface area contributed by atoms with Gasteiger partial charge < -0.3 is 5.73 Å². The smallest absolute Gasteiger partial charge is 0.261 e. The quantitative estimate of drug-likeness (QED) is 0.537. The Morgan fingerprint density at radius 3 is 2.14 bits per heavy atom. The first-order valence-corrected chi connectivity index (χ1v) is 2.25. The number of amides is 1. The van der Waals surface area contributed by atoms with Gasteiger partial charge in [0.15, 0.2) is 0 Å². The molecule has 0 saturated heterocycles. The Labute approximate surface area is 50.9 Å². The van der Waals surface area contributed by atoms with Gasteiger partial charge in [0.25, 0.3) is 5.91 Å². The van der Waals surface area contributed by atoms with E-state index in [1.165, 1.54) is 0 Å². The lowest BCUT2D eigenvalue weighted by molar-refractivity contribution is -0.113. The van der Waals surface area contributed by atoms with E-state index in [0.717, 1.165) is 5.54 Å². The molecule has 0 heterocycles. The molecule has 0 unspecified atom stereocenters. The summed E-state index contributed by atoms with van der Waals surface area (Å²) in [7, 11) is 0. The topological polar surface area (TPSA) is 43.1 Å². The molecule has 0 radical (unpaired) electrons. The molecular weight excluding hydrogens is 137 g/mol. The number of halogens is 2. The van der Waals surface area contributed by atoms with E-state index in [9.17, 15) is 4.79 Å². The van der Waals surface area contributed by atoms with Crippen LogP contribution in [-0.4, -0.2) is 5.91 Å². The van der Waals surface area contributed by atoms with E-state index in [-0.39, 0.29) is 5.03 Å². The van der Waals surface area contributed by atoms with Gasteiger partial charge in [0, 0.05) is 5.54 Å². The number of carbonyl (C=O) groups is 1. The molecule has 0 rings (SSSR count). The SMILES string of the molecule is NC(=O)/C(Cl)=C/Cl. The molecular formula is C3H3Cl2NO. The van der Waals surface area contributed by atoms with Gasteiger partial charge >= 0.3 is 0 Å². The fourth-order valence-electron chi connectivity index (χ4n) is 0.0538. The maximum absolute atomic E-state index is 9.87. The summed E-state index contributed by atoms with van der Waals surface area (Å²) < 4.78 is 0. The molecule has 0 aromatic carbocycles. The zero-order valence-electron chi connectivity index (χ0n) is 3.32. The van der Waals surface area contributed by atoms with Crippen molar-refractivity contribution in [1.82, 2.24) is 0 Å². The van der Waals surface area contributed by atoms with Gasteiger partial charge in [-0.15, -0.1) is 0 Å². The van der Waals surface area contributed by atoms with Gasteiger partial charge in [0.1, 0.15) is 5.03 Å². The summed E-state index contributed by atoms with van der Waals surface area (Å²) in [5.41, 5.74) is 5.54. The molecule has 0 saturated carbocycles. The minimum Gasteiger partial charge on any atom is -0.365 e. The van der Waals surface area contributed by atoms with E-state index in [0.29, 0.717) is 0 Å². The predicted octanol–water partition coefficient (Wildman–Crippen LogP) is 0.791. The first kappa shape index (κ1) is 6.79. The van der Waals surface area contributed by atoms with Gasteiger partial charge in [-0.1, -0.05) is 23.2 Å². The van der Waals surface area contributed by atoms with Crippen LogP contribution in [-0.2, 0) is 4.79 Å². The maximum Gasteiger partial charge on any atom is 0.261 e. The lowest BCUT2D eigenvalue weighted by Gasteiger charge is -1.81. The zero-order valence-corrected chi connectivity index (χ0v) is 4.83. The van der Waals surface area contributed by atoms with E-state index in [1.807, 2.05) is 0 Å². The van der Waals surface area contributed by atoms with Crippen LogP contribution in [0.5, 0.6) is 0 Å².